The second-order valence-corrected chi connectivity index (χ2v) is 6.13. The summed E-state index contributed by atoms with van der Waals surface area (Å²) in [5, 5.41) is 7.55. The Hall–Kier alpha value is -1.58. The highest BCUT2D eigenvalue weighted by Crippen LogP contribution is 2.29. The van der Waals surface area contributed by atoms with Crippen molar-refractivity contribution in [3.63, 3.8) is 0 Å². The SMILES string of the molecule is CC(C)CCN(c1ccnc(C(=N)N)c1)C1CCCC1. The van der Waals surface area contributed by atoms with Crippen LogP contribution in [0.4, 0.5) is 5.69 Å². The molecule has 0 unspecified atom stereocenters. The van der Waals surface area contributed by atoms with Crippen molar-refractivity contribution in [1.82, 2.24) is 4.98 Å². The molecule has 1 heterocycles. The first-order valence-corrected chi connectivity index (χ1v) is 7.65. The molecule has 1 aromatic heterocycles. The Labute approximate surface area is 121 Å². The zero-order valence-electron chi connectivity index (χ0n) is 12.6. The van der Waals surface area contributed by atoms with Crippen molar-refractivity contribution in [3.05, 3.63) is 24.0 Å². The Morgan fingerprint density at radius 2 is 2.15 bits per heavy atom. The van der Waals surface area contributed by atoms with Crippen LogP contribution in [0.15, 0.2) is 18.3 Å². The number of aromatic nitrogens is 1. The molecule has 0 saturated heterocycles. The zero-order chi connectivity index (χ0) is 14.5. The Morgan fingerprint density at radius 1 is 1.45 bits per heavy atom. The standard InChI is InChI=1S/C16H26N4/c1-12(2)8-10-20(13-5-3-4-6-13)14-7-9-19-15(11-14)16(17)18/h7,9,11-13H,3-6,8,10H2,1-2H3,(H3,17,18). The largest absolute Gasteiger partial charge is 0.382 e. The quantitative estimate of drug-likeness (QED) is 0.618. The van der Waals surface area contributed by atoms with Gasteiger partial charge in [-0.25, -0.2) is 0 Å². The van der Waals surface area contributed by atoms with Gasteiger partial charge < -0.3 is 10.6 Å². The van der Waals surface area contributed by atoms with Crippen molar-refractivity contribution in [3.8, 4) is 0 Å². The van der Waals surface area contributed by atoms with Gasteiger partial charge in [0.25, 0.3) is 0 Å². The van der Waals surface area contributed by atoms with Gasteiger partial charge in [0, 0.05) is 24.5 Å². The second kappa shape index (κ2) is 6.73. The number of hydrogen-bond acceptors (Lipinski definition) is 3. The van der Waals surface area contributed by atoms with E-state index in [9.17, 15) is 0 Å². The molecule has 1 aromatic rings. The molecule has 110 valence electrons. The molecular formula is C16H26N4. The lowest BCUT2D eigenvalue weighted by molar-refractivity contribution is 0.528. The molecule has 1 saturated carbocycles. The summed E-state index contributed by atoms with van der Waals surface area (Å²) in [6.07, 6.45) is 8.16. The number of nitrogen functional groups attached to an aromatic ring is 1. The van der Waals surface area contributed by atoms with Crippen LogP contribution in [0.25, 0.3) is 0 Å². The lowest BCUT2D eigenvalue weighted by Crippen LogP contribution is -2.35. The average Bonchev–Trinajstić information content (AvgIpc) is 2.93. The summed E-state index contributed by atoms with van der Waals surface area (Å²) >= 11 is 0. The maximum absolute atomic E-state index is 7.55. The van der Waals surface area contributed by atoms with Gasteiger partial charge in [-0.3, -0.25) is 10.4 Å². The molecule has 0 aliphatic heterocycles. The molecule has 20 heavy (non-hydrogen) atoms. The molecule has 4 heteroatoms. The average molecular weight is 274 g/mol. The van der Waals surface area contributed by atoms with Crippen molar-refractivity contribution in [2.75, 3.05) is 11.4 Å². The highest BCUT2D eigenvalue weighted by molar-refractivity contribution is 5.93. The third-order valence-corrected chi connectivity index (χ3v) is 4.06. The van der Waals surface area contributed by atoms with Crippen LogP contribution in [0, 0.1) is 11.3 Å². The highest BCUT2D eigenvalue weighted by Gasteiger charge is 2.23. The van der Waals surface area contributed by atoms with E-state index in [0.29, 0.717) is 17.7 Å². The van der Waals surface area contributed by atoms with Crippen LogP contribution >= 0.6 is 0 Å². The third kappa shape index (κ3) is 3.71. The van der Waals surface area contributed by atoms with Gasteiger partial charge >= 0.3 is 0 Å². The first-order valence-electron chi connectivity index (χ1n) is 7.65. The van der Waals surface area contributed by atoms with Gasteiger partial charge in [0.2, 0.25) is 0 Å². The monoisotopic (exact) mass is 274 g/mol. The fourth-order valence-corrected chi connectivity index (χ4v) is 2.88. The Kier molecular flexibility index (Phi) is 4.99. The van der Waals surface area contributed by atoms with Crippen LogP contribution in [-0.2, 0) is 0 Å². The van der Waals surface area contributed by atoms with E-state index in [-0.39, 0.29) is 5.84 Å². The molecule has 4 nitrogen and oxygen atoms in total. The maximum atomic E-state index is 7.55. The Balaban J connectivity index is 2.20. The van der Waals surface area contributed by atoms with E-state index in [1.165, 1.54) is 32.1 Å². The smallest absolute Gasteiger partial charge is 0.141 e. The number of hydrogen-bond donors (Lipinski definition) is 2. The topological polar surface area (TPSA) is 66.0 Å². The maximum Gasteiger partial charge on any atom is 0.141 e. The van der Waals surface area contributed by atoms with E-state index in [0.717, 1.165) is 12.2 Å². The number of amidine groups is 1. The van der Waals surface area contributed by atoms with Crippen molar-refractivity contribution >= 4 is 11.5 Å². The number of pyridine rings is 1. The first-order chi connectivity index (χ1) is 9.58. The van der Waals surface area contributed by atoms with E-state index in [1.54, 1.807) is 6.20 Å². The van der Waals surface area contributed by atoms with Crippen LogP contribution in [0.5, 0.6) is 0 Å². The lowest BCUT2D eigenvalue weighted by atomic mass is 10.1. The second-order valence-electron chi connectivity index (χ2n) is 6.13. The third-order valence-electron chi connectivity index (χ3n) is 4.06. The molecule has 2 rings (SSSR count). The Morgan fingerprint density at radius 3 is 2.75 bits per heavy atom. The Bertz CT molecular complexity index is 450. The molecule has 3 N–H and O–H groups in total. The molecule has 1 fully saturated rings. The number of rotatable bonds is 6. The molecule has 0 bridgehead atoms. The summed E-state index contributed by atoms with van der Waals surface area (Å²) < 4.78 is 0. The molecule has 1 aliphatic rings. The van der Waals surface area contributed by atoms with Gasteiger partial charge in [0.05, 0.1) is 0 Å². The molecule has 0 spiro atoms. The van der Waals surface area contributed by atoms with Crippen molar-refractivity contribution in [2.24, 2.45) is 11.7 Å². The van der Waals surface area contributed by atoms with Gasteiger partial charge in [-0.2, -0.15) is 0 Å². The van der Waals surface area contributed by atoms with Crippen LogP contribution < -0.4 is 10.6 Å². The van der Waals surface area contributed by atoms with Gasteiger partial charge in [0.1, 0.15) is 11.5 Å². The minimum absolute atomic E-state index is 0.0436. The number of anilines is 1. The molecule has 0 atom stereocenters. The predicted molar refractivity (Wildman–Crippen MR) is 84.3 cm³/mol. The number of nitrogens with one attached hydrogen (secondary N) is 1. The fourth-order valence-electron chi connectivity index (χ4n) is 2.88. The summed E-state index contributed by atoms with van der Waals surface area (Å²) in [4.78, 5) is 6.67. The predicted octanol–water partition coefficient (Wildman–Crippen LogP) is 3.16. The molecule has 0 aromatic carbocycles. The van der Waals surface area contributed by atoms with E-state index in [4.69, 9.17) is 11.1 Å². The van der Waals surface area contributed by atoms with Gasteiger partial charge in [-0.1, -0.05) is 26.7 Å². The highest BCUT2D eigenvalue weighted by atomic mass is 15.2. The summed E-state index contributed by atoms with van der Waals surface area (Å²) in [6, 6.07) is 4.64. The summed E-state index contributed by atoms with van der Waals surface area (Å²) in [7, 11) is 0. The van der Waals surface area contributed by atoms with Crippen LogP contribution in [0.1, 0.15) is 51.6 Å². The van der Waals surface area contributed by atoms with E-state index in [1.807, 2.05) is 12.1 Å². The van der Waals surface area contributed by atoms with Gasteiger partial charge in [0.15, 0.2) is 0 Å². The first kappa shape index (κ1) is 14.8. The van der Waals surface area contributed by atoms with Crippen LogP contribution in [-0.4, -0.2) is 23.4 Å². The summed E-state index contributed by atoms with van der Waals surface area (Å²) in [5.41, 5.74) is 7.30. The van der Waals surface area contributed by atoms with Gasteiger partial charge in [-0.15, -0.1) is 0 Å². The van der Waals surface area contributed by atoms with Crippen LogP contribution in [0.3, 0.4) is 0 Å². The number of nitrogens with zero attached hydrogens (tertiary/aromatic N) is 2. The van der Waals surface area contributed by atoms with E-state index < -0.39 is 0 Å². The summed E-state index contributed by atoms with van der Waals surface area (Å²) in [5.74, 6) is 0.745. The van der Waals surface area contributed by atoms with E-state index >= 15 is 0 Å². The number of nitrogens with two attached hydrogens (primary N) is 1. The van der Waals surface area contributed by atoms with Crippen molar-refractivity contribution < 1.29 is 0 Å². The molecule has 1 aliphatic carbocycles. The van der Waals surface area contributed by atoms with Crippen molar-refractivity contribution in [1.29, 1.82) is 5.41 Å². The molecule has 0 amide bonds. The molecule has 0 radical (unpaired) electrons. The van der Waals surface area contributed by atoms with Crippen molar-refractivity contribution in [2.45, 2.75) is 52.0 Å². The minimum atomic E-state index is 0.0436. The lowest BCUT2D eigenvalue weighted by Gasteiger charge is -2.32. The zero-order valence-corrected chi connectivity index (χ0v) is 12.6. The van der Waals surface area contributed by atoms with Gasteiger partial charge in [-0.05, 0) is 37.3 Å². The van der Waals surface area contributed by atoms with Crippen LogP contribution in [0.2, 0.25) is 0 Å². The normalized spacial score (nSPS) is 15.8. The minimum Gasteiger partial charge on any atom is -0.382 e. The fraction of sp³-hybridized carbons (Fsp3) is 0.625. The van der Waals surface area contributed by atoms with E-state index in [2.05, 4.69) is 23.7 Å². The molecular weight excluding hydrogens is 248 g/mol. The summed E-state index contributed by atoms with van der Waals surface area (Å²) in [6.45, 7) is 5.60.